The van der Waals surface area contributed by atoms with Crippen LogP contribution in [0.4, 0.5) is 0 Å². The number of benzene rings is 1. The maximum atomic E-state index is 11.7. The van der Waals surface area contributed by atoms with Gasteiger partial charge in [-0.3, -0.25) is 4.84 Å². The van der Waals surface area contributed by atoms with E-state index in [1.165, 1.54) is 4.58 Å². The highest BCUT2D eigenvalue weighted by molar-refractivity contribution is 7.72. The third kappa shape index (κ3) is 3.49. The van der Waals surface area contributed by atoms with Crippen LogP contribution in [0.5, 0.6) is 0 Å². The summed E-state index contributed by atoms with van der Waals surface area (Å²) in [6.45, 7) is 2.42. The minimum atomic E-state index is -2.75. The highest BCUT2D eigenvalue weighted by Crippen LogP contribution is 2.34. The molecule has 6 nitrogen and oxygen atoms in total. The van der Waals surface area contributed by atoms with Gasteiger partial charge < -0.3 is 4.74 Å². The first-order valence-electron chi connectivity index (χ1n) is 5.96. The van der Waals surface area contributed by atoms with Gasteiger partial charge in [-0.15, -0.1) is 0 Å². The number of aryl methyl sites for hydroxylation is 1. The fourth-order valence-corrected chi connectivity index (χ4v) is 2.52. The second-order valence-electron chi connectivity index (χ2n) is 4.37. The van der Waals surface area contributed by atoms with Crippen molar-refractivity contribution in [3.05, 3.63) is 34.9 Å². The van der Waals surface area contributed by atoms with Crippen LogP contribution in [0.1, 0.15) is 33.9 Å². The van der Waals surface area contributed by atoms with Crippen LogP contribution >= 0.6 is 11.8 Å². The van der Waals surface area contributed by atoms with Crippen molar-refractivity contribution in [2.45, 2.75) is 19.4 Å². The van der Waals surface area contributed by atoms with Gasteiger partial charge in [-0.05, 0) is 36.6 Å². The van der Waals surface area contributed by atoms with Crippen LogP contribution in [0.15, 0.2) is 18.2 Å². The van der Waals surface area contributed by atoms with E-state index in [0.717, 1.165) is 17.5 Å². The molecule has 1 heterocycles. The molecule has 2 rings (SSSR count). The topological polar surface area (TPSA) is 72.9 Å². The number of ether oxygens (including phenoxy) is 1. The molecule has 1 aromatic carbocycles. The Labute approximate surface area is 123 Å². The standard InChI is InChI=1S/C12H14ClNO5S/c1-8-2-3-9(12(15)18-7-20(16)17)6-10(8)11-4-5-19-14(11)13/h2-3,6,11,20H,4-5,7H2,1H3. The highest BCUT2D eigenvalue weighted by atomic mass is 35.5. The van der Waals surface area contributed by atoms with Gasteiger partial charge in [0.1, 0.15) is 0 Å². The quantitative estimate of drug-likeness (QED) is 0.516. The molecule has 0 spiro atoms. The SMILES string of the molecule is Cc1ccc(C(=O)OC[SH](=O)=O)cc1C1CCON1Cl. The molecule has 1 unspecified atom stereocenters. The number of rotatable bonds is 4. The molecule has 1 saturated heterocycles. The number of hydrogen-bond acceptors (Lipinski definition) is 6. The van der Waals surface area contributed by atoms with Crippen LogP contribution in [0, 0.1) is 6.92 Å². The summed E-state index contributed by atoms with van der Waals surface area (Å²) in [5.41, 5.74) is 2.12. The Balaban J connectivity index is 2.22. The lowest BCUT2D eigenvalue weighted by Gasteiger charge is -2.17. The van der Waals surface area contributed by atoms with Gasteiger partial charge in [0.15, 0.2) is 16.6 Å². The third-order valence-corrected chi connectivity index (χ3v) is 3.70. The fourth-order valence-electron chi connectivity index (χ4n) is 2.03. The molecule has 1 aliphatic rings. The number of nitrogens with zero attached hydrogens (tertiary/aromatic N) is 1. The number of hydrogen-bond donors (Lipinski definition) is 1. The minimum Gasteiger partial charge on any atom is -0.446 e. The molecule has 0 saturated carbocycles. The molecule has 0 N–H and O–H groups in total. The normalized spacial score (nSPS) is 19.4. The number of hydroxylamine groups is 1. The van der Waals surface area contributed by atoms with E-state index < -0.39 is 22.6 Å². The van der Waals surface area contributed by atoms with Crippen LogP contribution in [-0.2, 0) is 20.3 Å². The Morgan fingerprint density at radius 1 is 1.55 bits per heavy atom. The van der Waals surface area contributed by atoms with Gasteiger partial charge >= 0.3 is 5.97 Å². The second-order valence-corrected chi connectivity index (χ2v) is 5.63. The Morgan fingerprint density at radius 2 is 2.30 bits per heavy atom. The molecular weight excluding hydrogens is 306 g/mol. The van der Waals surface area contributed by atoms with Crippen molar-refractivity contribution in [1.82, 2.24) is 4.58 Å². The molecule has 1 atom stereocenters. The van der Waals surface area contributed by atoms with Crippen LogP contribution in [-0.4, -0.2) is 31.5 Å². The van der Waals surface area contributed by atoms with Crippen molar-refractivity contribution in [3.8, 4) is 0 Å². The van der Waals surface area contributed by atoms with Crippen LogP contribution in [0.25, 0.3) is 0 Å². The highest BCUT2D eigenvalue weighted by Gasteiger charge is 2.28. The van der Waals surface area contributed by atoms with E-state index in [1.807, 2.05) is 6.92 Å². The third-order valence-electron chi connectivity index (χ3n) is 3.03. The van der Waals surface area contributed by atoms with Crippen molar-refractivity contribution in [2.24, 2.45) is 0 Å². The van der Waals surface area contributed by atoms with Crippen molar-refractivity contribution in [2.75, 3.05) is 12.5 Å². The largest absolute Gasteiger partial charge is 0.446 e. The van der Waals surface area contributed by atoms with E-state index in [1.54, 1.807) is 18.2 Å². The molecule has 20 heavy (non-hydrogen) atoms. The van der Waals surface area contributed by atoms with Crippen molar-refractivity contribution in [3.63, 3.8) is 0 Å². The number of halogens is 1. The van der Waals surface area contributed by atoms with Crippen molar-refractivity contribution < 1.29 is 22.8 Å². The molecule has 1 aliphatic heterocycles. The molecule has 110 valence electrons. The van der Waals surface area contributed by atoms with E-state index in [0.29, 0.717) is 12.2 Å². The van der Waals surface area contributed by atoms with E-state index in [2.05, 4.69) is 4.74 Å². The molecule has 1 aromatic rings. The van der Waals surface area contributed by atoms with Crippen LogP contribution in [0.3, 0.4) is 0 Å². The maximum Gasteiger partial charge on any atom is 0.339 e. The van der Waals surface area contributed by atoms with E-state index >= 15 is 0 Å². The smallest absolute Gasteiger partial charge is 0.339 e. The van der Waals surface area contributed by atoms with Gasteiger partial charge in [0.2, 0.25) is 0 Å². The van der Waals surface area contributed by atoms with Crippen molar-refractivity contribution in [1.29, 1.82) is 0 Å². The predicted octanol–water partition coefficient (Wildman–Crippen LogP) is 1.55. The number of carbonyl (C=O) groups excluding carboxylic acids is 1. The van der Waals surface area contributed by atoms with Crippen LogP contribution < -0.4 is 0 Å². The summed E-state index contributed by atoms with van der Waals surface area (Å²) >= 11 is 5.93. The lowest BCUT2D eigenvalue weighted by atomic mass is 9.97. The molecule has 0 aliphatic carbocycles. The summed E-state index contributed by atoms with van der Waals surface area (Å²) < 4.78 is 26.8. The number of thiol groups is 1. The van der Waals surface area contributed by atoms with Gasteiger partial charge in [0.05, 0.1) is 18.2 Å². The summed E-state index contributed by atoms with van der Waals surface area (Å²) in [5, 5.41) is 0. The first-order chi connectivity index (χ1) is 9.49. The average molecular weight is 320 g/mol. The summed E-state index contributed by atoms with van der Waals surface area (Å²) in [4.78, 5) is 16.9. The van der Waals surface area contributed by atoms with Gasteiger partial charge in [-0.2, -0.15) is 0 Å². The van der Waals surface area contributed by atoms with Crippen LogP contribution in [0.2, 0.25) is 0 Å². The Hall–Kier alpha value is -1.15. The van der Waals surface area contributed by atoms with Crippen molar-refractivity contribution >= 4 is 28.5 Å². The molecular formula is C12H14ClNO5S. The van der Waals surface area contributed by atoms with Gasteiger partial charge in [-0.25, -0.2) is 13.2 Å². The lowest BCUT2D eigenvalue weighted by Crippen LogP contribution is -2.13. The van der Waals surface area contributed by atoms with E-state index in [-0.39, 0.29) is 6.04 Å². The Kier molecular flexibility index (Phi) is 4.98. The molecule has 1 fully saturated rings. The molecule has 8 heteroatoms. The molecule has 0 radical (unpaired) electrons. The zero-order valence-electron chi connectivity index (χ0n) is 10.7. The summed E-state index contributed by atoms with van der Waals surface area (Å²) in [6, 6.07) is 4.88. The minimum absolute atomic E-state index is 0.138. The first kappa shape index (κ1) is 15.2. The Bertz CT molecular complexity index is 581. The average Bonchev–Trinajstić information content (AvgIpc) is 2.82. The molecule has 0 bridgehead atoms. The maximum absolute atomic E-state index is 11.7. The second kappa shape index (κ2) is 6.53. The lowest BCUT2D eigenvalue weighted by molar-refractivity contribution is -0.0488. The fraction of sp³-hybridized carbons (Fsp3) is 0.417. The zero-order chi connectivity index (χ0) is 14.7. The predicted molar refractivity (Wildman–Crippen MR) is 72.8 cm³/mol. The monoisotopic (exact) mass is 319 g/mol. The number of esters is 1. The van der Waals surface area contributed by atoms with E-state index in [9.17, 15) is 13.2 Å². The van der Waals surface area contributed by atoms with Gasteiger partial charge in [0, 0.05) is 11.8 Å². The first-order valence-corrected chi connectivity index (χ1v) is 7.66. The number of carbonyl (C=O) groups is 1. The zero-order valence-corrected chi connectivity index (χ0v) is 12.4. The Morgan fingerprint density at radius 3 is 2.90 bits per heavy atom. The summed E-state index contributed by atoms with van der Waals surface area (Å²) in [7, 11) is -2.75. The molecule has 0 amide bonds. The summed E-state index contributed by atoms with van der Waals surface area (Å²) in [6.07, 6.45) is 0.718. The van der Waals surface area contributed by atoms with E-state index in [4.69, 9.17) is 16.6 Å². The van der Waals surface area contributed by atoms with Gasteiger partial charge in [0.25, 0.3) is 0 Å². The van der Waals surface area contributed by atoms with Gasteiger partial charge in [-0.1, -0.05) is 10.6 Å². The molecule has 0 aromatic heterocycles. The summed E-state index contributed by atoms with van der Waals surface area (Å²) in [5.74, 6) is -1.29.